The van der Waals surface area contributed by atoms with Gasteiger partial charge in [0.2, 0.25) is 11.8 Å². The standard InChI is InChI=1S/C15H27N3O2.ClH/c1-3-17(4-2)14(19)10-13-15(20)18(9-8-16-13)11-12-6-5-7-12;/h12-13,16H,3-11H2,1-2H3;1H. The van der Waals surface area contributed by atoms with Crippen LogP contribution in [0.1, 0.15) is 39.5 Å². The van der Waals surface area contributed by atoms with E-state index in [0.29, 0.717) is 25.4 Å². The lowest BCUT2D eigenvalue weighted by atomic mass is 9.85. The Bertz CT molecular complexity index is 357. The Labute approximate surface area is 133 Å². The number of rotatable bonds is 6. The topological polar surface area (TPSA) is 52.7 Å². The number of hydrogen-bond donors (Lipinski definition) is 1. The van der Waals surface area contributed by atoms with Gasteiger partial charge in [0.25, 0.3) is 0 Å². The third-order valence-corrected chi connectivity index (χ3v) is 4.58. The van der Waals surface area contributed by atoms with Gasteiger partial charge < -0.3 is 15.1 Å². The second-order valence-electron chi connectivity index (χ2n) is 5.86. The third kappa shape index (κ3) is 4.58. The molecular formula is C15H28ClN3O2. The lowest BCUT2D eigenvalue weighted by Crippen LogP contribution is -2.57. The largest absolute Gasteiger partial charge is 0.343 e. The molecule has 21 heavy (non-hydrogen) atoms. The van der Waals surface area contributed by atoms with Crippen LogP contribution >= 0.6 is 12.4 Å². The average molecular weight is 318 g/mol. The number of halogens is 1. The summed E-state index contributed by atoms with van der Waals surface area (Å²) in [6.45, 7) is 7.83. The van der Waals surface area contributed by atoms with Crippen molar-refractivity contribution in [2.24, 2.45) is 5.92 Å². The molecule has 0 bridgehead atoms. The Morgan fingerprint density at radius 3 is 2.52 bits per heavy atom. The minimum absolute atomic E-state index is 0. The summed E-state index contributed by atoms with van der Waals surface area (Å²) in [5.74, 6) is 0.881. The molecule has 0 radical (unpaired) electrons. The lowest BCUT2D eigenvalue weighted by molar-refractivity contribution is -0.141. The van der Waals surface area contributed by atoms with Gasteiger partial charge in [-0.3, -0.25) is 9.59 Å². The van der Waals surface area contributed by atoms with Gasteiger partial charge in [0.05, 0.1) is 12.5 Å². The first-order chi connectivity index (χ1) is 9.65. The Kier molecular flexibility index (Phi) is 7.46. The van der Waals surface area contributed by atoms with Crippen LogP contribution in [0.2, 0.25) is 0 Å². The summed E-state index contributed by atoms with van der Waals surface area (Å²) in [6.07, 6.45) is 4.09. The minimum Gasteiger partial charge on any atom is -0.343 e. The highest BCUT2D eigenvalue weighted by molar-refractivity contribution is 5.89. The molecule has 6 heteroatoms. The van der Waals surface area contributed by atoms with E-state index in [4.69, 9.17) is 0 Å². The summed E-state index contributed by atoms with van der Waals surface area (Å²) in [5, 5.41) is 3.20. The Morgan fingerprint density at radius 1 is 1.33 bits per heavy atom. The van der Waals surface area contributed by atoms with Crippen LogP contribution in [0.3, 0.4) is 0 Å². The number of nitrogens with zero attached hydrogens (tertiary/aromatic N) is 2. The lowest BCUT2D eigenvalue weighted by Gasteiger charge is -2.38. The van der Waals surface area contributed by atoms with Crippen LogP contribution in [0.4, 0.5) is 0 Å². The molecule has 1 unspecified atom stereocenters. The monoisotopic (exact) mass is 317 g/mol. The second-order valence-corrected chi connectivity index (χ2v) is 5.86. The molecular weight excluding hydrogens is 290 g/mol. The van der Waals surface area contributed by atoms with Gasteiger partial charge >= 0.3 is 0 Å². The van der Waals surface area contributed by atoms with E-state index in [1.165, 1.54) is 19.3 Å². The molecule has 1 atom stereocenters. The van der Waals surface area contributed by atoms with Crippen LogP contribution in [0.25, 0.3) is 0 Å². The highest BCUT2D eigenvalue weighted by atomic mass is 35.5. The first-order valence-corrected chi connectivity index (χ1v) is 7.95. The van der Waals surface area contributed by atoms with Crippen LogP contribution in [0.15, 0.2) is 0 Å². The van der Waals surface area contributed by atoms with E-state index in [9.17, 15) is 9.59 Å². The van der Waals surface area contributed by atoms with Gasteiger partial charge in [-0.1, -0.05) is 6.42 Å². The van der Waals surface area contributed by atoms with Gasteiger partial charge in [0.15, 0.2) is 0 Å². The first-order valence-electron chi connectivity index (χ1n) is 7.95. The van der Waals surface area contributed by atoms with Crippen LogP contribution in [-0.2, 0) is 9.59 Å². The van der Waals surface area contributed by atoms with Crippen molar-refractivity contribution in [2.75, 3.05) is 32.7 Å². The van der Waals surface area contributed by atoms with Crippen molar-refractivity contribution in [2.45, 2.75) is 45.6 Å². The fraction of sp³-hybridized carbons (Fsp3) is 0.867. The predicted molar refractivity (Wildman–Crippen MR) is 85.5 cm³/mol. The quantitative estimate of drug-likeness (QED) is 0.802. The van der Waals surface area contributed by atoms with Gasteiger partial charge in [-0.15, -0.1) is 12.4 Å². The summed E-state index contributed by atoms with van der Waals surface area (Å²) < 4.78 is 0. The van der Waals surface area contributed by atoms with E-state index in [-0.39, 0.29) is 30.3 Å². The third-order valence-electron chi connectivity index (χ3n) is 4.58. The van der Waals surface area contributed by atoms with E-state index in [1.54, 1.807) is 4.90 Å². The van der Waals surface area contributed by atoms with E-state index in [2.05, 4.69) is 5.32 Å². The maximum atomic E-state index is 12.4. The van der Waals surface area contributed by atoms with Gasteiger partial charge in [-0.05, 0) is 32.6 Å². The molecule has 0 aromatic carbocycles. The molecule has 0 aromatic heterocycles. The highest BCUT2D eigenvalue weighted by Crippen LogP contribution is 2.27. The van der Waals surface area contributed by atoms with Crippen molar-refractivity contribution < 1.29 is 9.59 Å². The molecule has 2 aliphatic rings. The Morgan fingerprint density at radius 2 is 2.00 bits per heavy atom. The Balaban J connectivity index is 0.00000220. The van der Waals surface area contributed by atoms with Crippen molar-refractivity contribution in [3.05, 3.63) is 0 Å². The zero-order valence-corrected chi connectivity index (χ0v) is 14.0. The molecule has 2 amide bonds. The molecule has 1 saturated heterocycles. The summed E-state index contributed by atoms with van der Waals surface area (Å²) in [4.78, 5) is 28.3. The zero-order valence-electron chi connectivity index (χ0n) is 13.1. The van der Waals surface area contributed by atoms with Crippen LogP contribution in [0, 0.1) is 5.92 Å². The normalized spacial score (nSPS) is 22.5. The van der Waals surface area contributed by atoms with Gasteiger partial charge in [-0.25, -0.2) is 0 Å². The minimum atomic E-state index is -0.322. The molecule has 5 nitrogen and oxygen atoms in total. The number of carbonyl (C=O) groups excluding carboxylic acids is 2. The summed E-state index contributed by atoms with van der Waals surface area (Å²) in [7, 11) is 0. The van der Waals surface area contributed by atoms with E-state index in [1.807, 2.05) is 18.7 Å². The van der Waals surface area contributed by atoms with Crippen LogP contribution < -0.4 is 5.32 Å². The average Bonchev–Trinajstić information content (AvgIpc) is 2.39. The SMILES string of the molecule is CCN(CC)C(=O)CC1NCCN(CC2CCC2)C1=O.Cl. The fourth-order valence-corrected chi connectivity index (χ4v) is 3.00. The maximum absolute atomic E-state index is 12.4. The molecule has 0 aromatic rings. The van der Waals surface area contributed by atoms with E-state index < -0.39 is 0 Å². The predicted octanol–water partition coefficient (Wildman–Crippen LogP) is 1.27. The first kappa shape index (κ1) is 18.2. The number of carbonyl (C=O) groups is 2. The fourth-order valence-electron chi connectivity index (χ4n) is 3.00. The Hall–Kier alpha value is -0.810. The summed E-state index contributed by atoms with van der Waals surface area (Å²) in [5.41, 5.74) is 0. The van der Waals surface area contributed by atoms with Crippen LogP contribution in [-0.4, -0.2) is 60.4 Å². The highest BCUT2D eigenvalue weighted by Gasteiger charge is 2.33. The number of nitrogens with one attached hydrogen (secondary N) is 1. The van der Waals surface area contributed by atoms with Gasteiger partial charge in [0.1, 0.15) is 0 Å². The number of piperazine rings is 1. The summed E-state index contributed by atoms with van der Waals surface area (Å²) in [6, 6.07) is -0.322. The molecule has 2 fully saturated rings. The molecule has 1 heterocycles. The molecule has 1 aliphatic carbocycles. The molecule has 1 N–H and O–H groups in total. The smallest absolute Gasteiger partial charge is 0.240 e. The van der Waals surface area contributed by atoms with Crippen LogP contribution in [0.5, 0.6) is 0 Å². The molecule has 1 aliphatic heterocycles. The molecule has 1 saturated carbocycles. The van der Waals surface area contributed by atoms with Gasteiger partial charge in [-0.2, -0.15) is 0 Å². The molecule has 122 valence electrons. The van der Waals surface area contributed by atoms with Gasteiger partial charge in [0, 0.05) is 32.7 Å². The molecule has 2 rings (SSSR count). The van der Waals surface area contributed by atoms with Crippen molar-refractivity contribution in [1.29, 1.82) is 0 Å². The van der Waals surface area contributed by atoms with Crippen molar-refractivity contribution >= 4 is 24.2 Å². The van der Waals surface area contributed by atoms with Crippen molar-refractivity contribution in [3.8, 4) is 0 Å². The number of amides is 2. The zero-order chi connectivity index (χ0) is 14.5. The number of hydrogen-bond acceptors (Lipinski definition) is 3. The second kappa shape index (κ2) is 8.59. The molecule has 0 spiro atoms. The van der Waals surface area contributed by atoms with E-state index in [0.717, 1.165) is 19.6 Å². The van der Waals surface area contributed by atoms with Crippen molar-refractivity contribution in [3.63, 3.8) is 0 Å². The van der Waals surface area contributed by atoms with E-state index >= 15 is 0 Å². The maximum Gasteiger partial charge on any atom is 0.240 e. The van der Waals surface area contributed by atoms with Crippen molar-refractivity contribution in [1.82, 2.24) is 15.1 Å². The summed E-state index contributed by atoms with van der Waals surface area (Å²) >= 11 is 0.